The molecule has 2 heterocycles. The Morgan fingerprint density at radius 1 is 1.50 bits per heavy atom. The van der Waals surface area contributed by atoms with Gasteiger partial charge in [0.05, 0.1) is 16.2 Å². The number of carbonyl (C=O) groups excluding carboxylic acids is 1. The average Bonchev–Trinajstić information content (AvgIpc) is 2.53. The molecule has 0 bridgehead atoms. The highest BCUT2D eigenvalue weighted by molar-refractivity contribution is 5.96. The van der Waals surface area contributed by atoms with Gasteiger partial charge in [0.25, 0.3) is 11.6 Å². The zero-order chi connectivity index (χ0) is 16.1. The lowest BCUT2D eigenvalue weighted by molar-refractivity contribution is -0.385. The van der Waals surface area contributed by atoms with Crippen molar-refractivity contribution in [2.24, 2.45) is 0 Å². The number of aryl methyl sites for hydroxylation is 1. The lowest BCUT2D eigenvalue weighted by atomic mass is 10.0. The number of nitrogens with one attached hydrogen (secondary N) is 1. The van der Waals surface area contributed by atoms with Crippen LogP contribution in [-0.4, -0.2) is 46.4 Å². The lowest BCUT2D eigenvalue weighted by Gasteiger charge is -2.34. The second-order valence-corrected chi connectivity index (χ2v) is 5.56. The predicted molar refractivity (Wildman–Crippen MR) is 82.8 cm³/mol. The summed E-state index contributed by atoms with van der Waals surface area (Å²) in [5.74, 6) is -0.151. The number of hydrogen-bond acceptors (Lipinski definition) is 5. The lowest BCUT2D eigenvalue weighted by Crippen LogP contribution is -2.46. The topological polar surface area (TPSA) is 88.4 Å². The van der Waals surface area contributed by atoms with Crippen LogP contribution in [0.2, 0.25) is 0 Å². The highest BCUT2D eigenvalue weighted by atomic mass is 16.6. The minimum atomic E-state index is -0.516. The van der Waals surface area contributed by atoms with E-state index in [2.05, 4.69) is 10.3 Å². The normalized spacial score (nSPS) is 15.5. The molecule has 22 heavy (non-hydrogen) atoms. The molecule has 7 heteroatoms. The Bertz CT molecular complexity index is 556. The molecule has 1 fully saturated rings. The standard InChI is InChI=1S/C15H22N4O3/c1-3-8-18(12-4-6-16-7-5-12)15(20)14-9-13(19(21)22)10-17-11(14)2/h9-10,12,16H,3-8H2,1-2H3. The van der Waals surface area contributed by atoms with Crippen molar-refractivity contribution in [2.75, 3.05) is 19.6 Å². The molecule has 1 aromatic rings. The van der Waals surface area contributed by atoms with Gasteiger partial charge in [-0.25, -0.2) is 0 Å². The van der Waals surface area contributed by atoms with Crippen molar-refractivity contribution in [3.63, 3.8) is 0 Å². The third kappa shape index (κ3) is 3.59. The Morgan fingerprint density at radius 2 is 2.18 bits per heavy atom. The second kappa shape index (κ2) is 7.31. The van der Waals surface area contributed by atoms with Crippen molar-refractivity contribution in [2.45, 2.75) is 39.2 Å². The maximum atomic E-state index is 12.9. The van der Waals surface area contributed by atoms with Gasteiger partial charge in [0.1, 0.15) is 6.20 Å². The van der Waals surface area contributed by atoms with E-state index in [9.17, 15) is 14.9 Å². The van der Waals surface area contributed by atoms with Gasteiger partial charge in [-0.15, -0.1) is 0 Å². The molecule has 0 unspecified atom stereocenters. The van der Waals surface area contributed by atoms with E-state index in [0.717, 1.165) is 32.4 Å². The molecule has 7 nitrogen and oxygen atoms in total. The minimum Gasteiger partial charge on any atom is -0.336 e. The highest BCUT2D eigenvalue weighted by Crippen LogP contribution is 2.20. The van der Waals surface area contributed by atoms with Gasteiger partial charge >= 0.3 is 0 Å². The smallest absolute Gasteiger partial charge is 0.288 e. The van der Waals surface area contributed by atoms with E-state index < -0.39 is 4.92 Å². The van der Waals surface area contributed by atoms with E-state index in [1.54, 1.807) is 6.92 Å². The molecule has 1 saturated heterocycles. The fourth-order valence-electron chi connectivity index (χ4n) is 2.80. The van der Waals surface area contributed by atoms with Gasteiger partial charge in [0.15, 0.2) is 0 Å². The van der Waals surface area contributed by atoms with Crippen molar-refractivity contribution >= 4 is 11.6 Å². The van der Waals surface area contributed by atoms with Crippen LogP contribution in [0.25, 0.3) is 0 Å². The van der Waals surface area contributed by atoms with Crippen molar-refractivity contribution < 1.29 is 9.72 Å². The second-order valence-electron chi connectivity index (χ2n) is 5.56. The zero-order valence-corrected chi connectivity index (χ0v) is 13.0. The average molecular weight is 306 g/mol. The zero-order valence-electron chi connectivity index (χ0n) is 13.0. The Morgan fingerprint density at radius 3 is 2.77 bits per heavy atom. The fraction of sp³-hybridized carbons (Fsp3) is 0.600. The number of piperidine rings is 1. The van der Waals surface area contributed by atoms with E-state index in [0.29, 0.717) is 17.8 Å². The number of carbonyl (C=O) groups is 1. The van der Waals surface area contributed by atoms with E-state index in [-0.39, 0.29) is 17.6 Å². The number of amides is 1. The summed E-state index contributed by atoms with van der Waals surface area (Å²) in [5, 5.41) is 14.2. The van der Waals surface area contributed by atoms with Crippen LogP contribution in [0.3, 0.4) is 0 Å². The molecule has 0 aliphatic carbocycles. The molecule has 0 saturated carbocycles. The van der Waals surface area contributed by atoms with Gasteiger partial charge in [-0.1, -0.05) is 6.92 Å². The summed E-state index contributed by atoms with van der Waals surface area (Å²) in [4.78, 5) is 29.1. The van der Waals surface area contributed by atoms with Crippen molar-refractivity contribution in [1.29, 1.82) is 0 Å². The number of hydrogen-bond donors (Lipinski definition) is 1. The number of rotatable bonds is 5. The summed E-state index contributed by atoms with van der Waals surface area (Å²) >= 11 is 0. The fourth-order valence-corrected chi connectivity index (χ4v) is 2.80. The molecule has 0 aromatic carbocycles. The largest absolute Gasteiger partial charge is 0.336 e. The molecule has 0 spiro atoms. The first-order chi connectivity index (χ1) is 10.5. The van der Waals surface area contributed by atoms with Crippen molar-refractivity contribution in [3.05, 3.63) is 33.6 Å². The van der Waals surface area contributed by atoms with Crippen molar-refractivity contribution in [1.82, 2.24) is 15.2 Å². The SMILES string of the molecule is CCCN(C(=O)c1cc([N+](=O)[O-])cnc1C)C1CCNCC1. The molecular formula is C15H22N4O3. The van der Waals surface area contributed by atoms with E-state index in [4.69, 9.17) is 0 Å². The molecule has 1 aliphatic heterocycles. The van der Waals surface area contributed by atoms with Gasteiger partial charge in [-0.05, 0) is 39.3 Å². The molecular weight excluding hydrogens is 284 g/mol. The maximum absolute atomic E-state index is 12.9. The Kier molecular flexibility index (Phi) is 5.43. The van der Waals surface area contributed by atoms with Crippen LogP contribution in [0.5, 0.6) is 0 Å². The van der Waals surface area contributed by atoms with Crippen LogP contribution in [-0.2, 0) is 0 Å². The molecule has 0 radical (unpaired) electrons. The Labute approximate surface area is 129 Å². The van der Waals surface area contributed by atoms with E-state index in [1.165, 1.54) is 12.3 Å². The van der Waals surface area contributed by atoms with Crippen molar-refractivity contribution in [3.8, 4) is 0 Å². The quantitative estimate of drug-likeness (QED) is 0.663. The first-order valence-corrected chi connectivity index (χ1v) is 7.67. The summed E-state index contributed by atoms with van der Waals surface area (Å²) in [5.41, 5.74) is 0.725. The van der Waals surface area contributed by atoms with E-state index >= 15 is 0 Å². The van der Waals surface area contributed by atoms with Gasteiger partial charge in [0, 0.05) is 18.7 Å². The van der Waals surface area contributed by atoms with E-state index in [1.807, 2.05) is 11.8 Å². The minimum absolute atomic E-state index is 0.143. The molecule has 1 aliphatic rings. The number of aromatic nitrogens is 1. The van der Waals surface area contributed by atoms with Gasteiger partial charge in [0.2, 0.25) is 0 Å². The van der Waals surface area contributed by atoms with Crippen LogP contribution >= 0.6 is 0 Å². The number of nitrogens with zero attached hydrogens (tertiary/aromatic N) is 3. The van der Waals surface area contributed by atoms with Crippen LogP contribution < -0.4 is 5.32 Å². The summed E-state index contributed by atoms with van der Waals surface area (Å²) in [6.07, 6.45) is 3.87. The maximum Gasteiger partial charge on any atom is 0.288 e. The predicted octanol–water partition coefficient (Wildman–Crippen LogP) is 1.90. The van der Waals surface area contributed by atoms with Gasteiger partial charge in [-0.3, -0.25) is 19.9 Å². The van der Waals surface area contributed by atoms with Gasteiger partial charge in [-0.2, -0.15) is 0 Å². The molecule has 2 rings (SSSR count). The molecule has 1 aromatic heterocycles. The Hall–Kier alpha value is -2.02. The number of nitro groups is 1. The third-order valence-corrected chi connectivity index (χ3v) is 3.99. The summed E-state index contributed by atoms with van der Waals surface area (Å²) in [6, 6.07) is 1.53. The monoisotopic (exact) mass is 306 g/mol. The van der Waals surface area contributed by atoms with Crippen LogP contribution in [0.1, 0.15) is 42.2 Å². The summed E-state index contributed by atoms with van der Waals surface area (Å²) in [6.45, 7) is 6.18. The molecule has 0 atom stereocenters. The van der Waals surface area contributed by atoms with Crippen LogP contribution in [0.4, 0.5) is 5.69 Å². The van der Waals surface area contributed by atoms with Crippen LogP contribution in [0, 0.1) is 17.0 Å². The first-order valence-electron chi connectivity index (χ1n) is 7.67. The molecule has 120 valence electrons. The molecule has 1 amide bonds. The summed E-state index contributed by atoms with van der Waals surface area (Å²) < 4.78 is 0. The van der Waals surface area contributed by atoms with Gasteiger partial charge < -0.3 is 10.2 Å². The Balaban J connectivity index is 2.29. The van der Waals surface area contributed by atoms with Crippen LogP contribution in [0.15, 0.2) is 12.3 Å². The first kappa shape index (κ1) is 16.4. The molecule has 1 N–H and O–H groups in total. The number of pyridine rings is 1. The highest BCUT2D eigenvalue weighted by Gasteiger charge is 2.27. The summed E-state index contributed by atoms with van der Waals surface area (Å²) in [7, 11) is 0. The third-order valence-electron chi connectivity index (χ3n) is 3.99.